The Balaban J connectivity index is 1.74. The van der Waals surface area contributed by atoms with Crippen molar-refractivity contribution in [1.82, 2.24) is 5.32 Å². The number of aryl methyl sites for hydroxylation is 1. The van der Waals surface area contributed by atoms with Crippen molar-refractivity contribution in [3.05, 3.63) is 89.5 Å². The lowest BCUT2D eigenvalue weighted by Gasteiger charge is -2.20. The first-order valence-corrected chi connectivity index (χ1v) is 12.0. The third-order valence-electron chi connectivity index (χ3n) is 5.18. The summed E-state index contributed by atoms with van der Waals surface area (Å²) in [4.78, 5) is 25.4. The van der Waals surface area contributed by atoms with Crippen LogP contribution in [0.15, 0.2) is 77.7 Å². The zero-order valence-corrected chi connectivity index (χ0v) is 20.1. The van der Waals surface area contributed by atoms with Gasteiger partial charge in [0.05, 0.1) is 28.4 Å². The normalized spacial score (nSPS) is 11.0. The van der Waals surface area contributed by atoms with E-state index in [2.05, 4.69) is 10.6 Å². The number of para-hydroxylation sites is 1. The summed E-state index contributed by atoms with van der Waals surface area (Å²) >= 11 is 0. The van der Waals surface area contributed by atoms with Gasteiger partial charge in [0.1, 0.15) is 0 Å². The minimum absolute atomic E-state index is 0.183. The van der Waals surface area contributed by atoms with Crippen LogP contribution in [-0.4, -0.2) is 47.5 Å². The first-order chi connectivity index (χ1) is 16.2. The molecule has 0 spiro atoms. The van der Waals surface area contributed by atoms with E-state index in [-0.39, 0.29) is 10.8 Å². The van der Waals surface area contributed by atoms with Gasteiger partial charge in [-0.3, -0.25) is 13.9 Å². The molecule has 0 heterocycles. The Morgan fingerprint density at radius 3 is 2.21 bits per heavy atom. The highest BCUT2D eigenvalue weighted by molar-refractivity contribution is 7.92. The van der Waals surface area contributed by atoms with Crippen LogP contribution < -0.4 is 14.9 Å². The summed E-state index contributed by atoms with van der Waals surface area (Å²) in [5.41, 5.74) is 2.39. The van der Waals surface area contributed by atoms with Crippen LogP contribution in [0.25, 0.3) is 0 Å². The van der Waals surface area contributed by atoms with Crippen LogP contribution >= 0.6 is 0 Å². The maximum Gasteiger partial charge on any atom is 0.264 e. The summed E-state index contributed by atoms with van der Waals surface area (Å²) in [6.45, 7) is 2.61. The van der Waals surface area contributed by atoms with Gasteiger partial charge >= 0.3 is 0 Å². The lowest BCUT2D eigenvalue weighted by molar-refractivity contribution is 0.0938. The van der Waals surface area contributed by atoms with Crippen molar-refractivity contribution >= 4 is 33.2 Å². The molecule has 0 aromatic heterocycles. The number of hydrogen-bond donors (Lipinski definition) is 2. The standard InChI is InChI=1S/C25H27N3O5S/c1-18-8-14-21(15-9-18)34(31,32)28(2)20-12-10-19(11-13-20)24(29)27-23-7-5-4-6-22(23)25(30)26-16-17-33-3/h4-15H,16-17H2,1-3H3,(H,26,30)(H,27,29). The van der Waals surface area contributed by atoms with Crippen molar-refractivity contribution in [3.63, 3.8) is 0 Å². The molecule has 0 unspecified atom stereocenters. The van der Waals surface area contributed by atoms with E-state index >= 15 is 0 Å². The van der Waals surface area contributed by atoms with E-state index < -0.39 is 15.9 Å². The molecule has 0 saturated heterocycles. The summed E-state index contributed by atoms with van der Waals surface area (Å²) in [5.74, 6) is -0.751. The zero-order valence-electron chi connectivity index (χ0n) is 19.2. The maximum atomic E-state index is 12.9. The van der Waals surface area contributed by atoms with Crippen molar-refractivity contribution < 1.29 is 22.7 Å². The second-order valence-electron chi connectivity index (χ2n) is 7.58. The third-order valence-corrected chi connectivity index (χ3v) is 6.98. The number of carbonyl (C=O) groups is 2. The molecule has 9 heteroatoms. The van der Waals surface area contributed by atoms with Gasteiger partial charge in [0.15, 0.2) is 0 Å². The molecule has 178 valence electrons. The topological polar surface area (TPSA) is 105 Å². The average molecular weight is 482 g/mol. The number of rotatable bonds is 9. The van der Waals surface area contributed by atoms with Gasteiger partial charge in [-0.1, -0.05) is 29.8 Å². The van der Waals surface area contributed by atoms with Crippen molar-refractivity contribution in [2.75, 3.05) is 36.9 Å². The van der Waals surface area contributed by atoms with Gasteiger partial charge in [-0.05, 0) is 55.5 Å². The van der Waals surface area contributed by atoms with Crippen LogP contribution in [0.1, 0.15) is 26.3 Å². The van der Waals surface area contributed by atoms with Gasteiger partial charge < -0.3 is 15.4 Å². The molecular weight excluding hydrogens is 454 g/mol. The van der Waals surface area contributed by atoms with E-state index in [4.69, 9.17) is 4.74 Å². The number of benzene rings is 3. The Morgan fingerprint density at radius 1 is 0.912 bits per heavy atom. The van der Waals surface area contributed by atoms with Crippen LogP contribution in [-0.2, 0) is 14.8 Å². The number of nitrogens with one attached hydrogen (secondary N) is 2. The molecule has 0 aliphatic carbocycles. The maximum absolute atomic E-state index is 12.9. The van der Waals surface area contributed by atoms with Crippen LogP contribution in [0.2, 0.25) is 0 Å². The van der Waals surface area contributed by atoms with Gasteiger partial charge in [-0.25, -0.2) is 8.42 Å². The van der Waals surface area contributed by atoms with Gasteiger partial charge in [0.2, 0.25) is 0 Å². The Labute approximate surface area is 199 Å². The summed E-state index contributed by atoms with van der Waals surface area (Å²) < 4.78 is 31.9. The number of nitrogens with zero attached hydrogens (tertiary/aromatic N) is 1. The minimum atomic E-state index is -3.74. The first-order valence-electron chi connectivity index (χ1n) is 10.6. The first kappa shape index (κ1) is 24.9. The number of methoxy groups -OCH3 is 1. The molecule has 0 aliphatic rings. The molecule has 2 amide bonds. The lowest BCUT2D eigenvalue weighted by Crippen LogP contribution is -2.28. The smallest absolute Gasteiger partial charge is 0.264 e. The lowest BCUT2D eigenvalue weighted by atomic mass is 10.1. The summed E-state index contributed by atoms with van der Waals surface area (Å²) in [5, 5.41) is 5.47. The van der Waals surface area contributed by atoms with Crippen molar-refractivity contribution in [2.45, 2.75) is 11.8 Å². The quantitative estimate of drug-likeness (QED) is 0.456. The fourth-order valence-corrected chi connectivity index (χ4v) is 4.37. The van der Waals surface area contributed by atoms with Crippen molar-refractivity contribution in [1.29, 1.82) is 0 Å². The predicted octanol–water partition coefficient (Wildman–Crippen LogP) is 3.45. The summed E-state index contributed by atoms with van der Waals surface area (Å²) in [7, 11) is -0.732. The van der Waals surface area contributed by atoms with Gasteiger partial charge in [0, 0.05) is 26.3 Å². The largest absolute Gasteiger partial charge is 0.383 e. The van der Waals surface area contributed by atoms with E-state index in [0.717, 1.165) is 5.56 Å². The molecule has 0 saturated carbocycles. The molecule has 3 aromatic carbocycles. The van der Waals surface area contributed by atoms with Crippen LogP contribution in [0.5, 0.6) is 0 Å². The SMILES string of the molecule is COCCNC(=O)c1ccccc1NC(=O)c1ccc(N(C)S(=O)(=O)c2ccc(C)cc2)cc1. The predicted molar refractivity (Wildman–Crippen MR) is 132 cm³/mol. The molecule has 0 atom stereocenters. The monoisotopic (exact) mass is 481 g/mol. The van der Waals surface area contributed by atoms with Crippen molar-refractivity contribution in [3.8, 4) is 0 Å². The van der Waals surface area contributed by atoms with E-state index in [1.165, 1.54) is 23.5 Å². The summed E-state index contributed by atoms with van der Waals surface area (Å²) in [6.07, 6.45) is 0. The molecular formula is C25H27N3O5S. The van der Waals surface area contributed by atoms with Crippen LogP contribution in [0.3, 0.4) is 0 Å². The Kier molecular flexibility index (Phi) is 8.04. The van der Waals surface area contributed by atoms with E-state index in [1.807, 2.05) is 6.92 Å². The molecule has 3 rings (SSSR count). The van der Waals surface area contributed by atoms with E-state index in [9.17, 15) is 18.0 Å². The fourth-order valence-electron chi connectivity index (χ4n) is 3.18. The molecule has 34 heavy (non-hydrogen) atoms. The Hall–Kier alpha value is -3.69. The number of carbonyl (C=O) groups excluding carboxylic acids is 2. The highest BCUT2D eigenvalue weighted by Crippen LogP contribution is 2.23. The molecule has 2 N–H and O–H groups in total. The van der Waals surface area contributed by atoms with E-state index in [0.29, 0.717) is 35.7 Å². The number of amides is 2. The zero-order chi connectivity index (χ0) is 24.7. The van der Waals surface area contributed by atoms with Crippen molar-refractivity contribution in [2.24, 2.45) is 0 Å². The fraction of sp³-hybridized carbons (Fsp3) is 0.200. The van der Waals surface area contributed by atoms with Gasteiger partial charge in [-0.2, -0.15) is 0 Å². The molecule has 0 aliphatic heterocycles. The second-order valence-corrected chi connectivity index (χ2v) is 9.55. The molecule has 8 nitrogen and oxygen atoms in total. The van der Waals surface area contributed by atoms with Crippen LogP contribution in [0.4, 0.5) is 11.4 Å². The Morgan fingerprint density at radius 2 is 1.56 bits per heavy atom. The average Bonchev–Trinajstić information content (AvgIpc) is 2.84. The molecule has 3 aromatic rings. The van der Waals surface area contributed by atoms with Gasteiger partial charge in [0.25, 0.3) is 21.8 Å². The molecule has 0 bridgehead atoms. The minimum Gasteiger partial charge on any atom is -0.383 e. The summed E-state index contributed by atoms with van der Waals surface area (Å²) in [6, 6.07) is 19.5. The molecule has 0 radical (unpaired) electrons. The van der Waals surface area contributed by atoms with Gasteiger partial charge in [-0.15, -0.1) is 0 Å². The number of sulfonamides is 1. The third kappa shape index (κ3) is 5.81. The molecule has 0 fully saturated rings. The van der Waals surface area contributed by atoms with E-state index in [1.54, 1.807) is 67.8 Å². The highest BCUT2D eigenvalue weighted by Gasteiger charge is 2.21. The highest BCUT2D eigenvalue weighted by atomic mass is 32.2. The number of ether oxygens (including phenoxy) is 1. The number of anilines is 2. The second kappa shape index (κ2) is 11.0. The number of hydrogen-bond acceptors (Lipinski definition) is 5. The Bertz CT molecular complexity index is 1260. The van der Waals surface area contributed by atoms with Crippen LogP contribution in [0, 0.1) is 6.92 Å².